The topological polar surface area (TPSA) is 42.3 Å². The molecule has 2 aromatic heterocycles. The molecule has 1 unspecified atom stereocenters. The maximum atomic E-state index is 6.77. The summed E-state index contributed by atoms with van der Waals surface area (Å²) in [6, 6.07) is 73.1. The average Bonchev–Trinajstić information content (AvgIpc) is 3.99. The van der Waals surface area contributed by atoms with Crippen molar-refractivity contribution in [2.45, 2.75) is 110 Å². The summed E-state index contributed by atoms with van der Waals surface area (Å²) >= 11 is 0. The van der Waals surface area contributed by atoms with Gasteiger partial charge in [0.25, 0.3) is 0 Å². The summed E-state index contributed by atoms with van der Waals surface area (Å²) in [5, 5.41) is 6.37. The Morgan fingerprint density at radius 2 is 1.17 bits per heavy atom. The largest absolute Gasteiger partial charge is 0.512 e. The molecule has 0 saturated heterocycles. The molecule has 8 aromatic carbocycles. The maximum absolute atomic E-state index is 6.77. The third-order valence-electron chi connectivity index (χ3n) is 15.9. The van der Waals surface area contributed by atoms with E-state index in [0.717, 1.165) is 44.7 Å². The van der Waals surface area contributed by atoms with Crippen LogP contribution in [0.4, 0.5) is 17.1 Å². The van der Waals surface area contributed by atoms with Crippen LogP contribution >= 0.6 is 0 Å². The van der Waals surface area contributed by atoms with Gasteiger partial charge in [0, 0.05) is 66.5 Å². The van der Waals surface area contributed by atoms with Crippen LogP contribution in [0, 0.1) is 18.7 Å². The van der Waals surface area contributed by atoms with E-state index in [1.165, 1.54) is 55.6 Å². The van der Waals surface area contributed by atoms with E-state index in [1.54, 1.807) is 0 Å². The number of benzene rings is 8. The van der Waals surface area contributed by atoms with Crippen molar-refractivity contribution in [3.63, 3.8) is 0 Å². The van der Waals surface area contributed by atoms with E-state index in [9.17, 15) is 0 Å². The quantitative estimate of drug-likeness (QED) is 0.117. The van der Waals surface area contributed by atoms with Crippen LogP contribution in [0.25, 0.3) is 38.8 Å². The number of rotatable bonds is 13. The van der Waals surface area contributed by atoms with Crippen molar-refractivity contribution in [3.8, 4) is 28.4 Å². The van der Waals surface area contributed by atoms with E-state index < -0.39 is 0 Å². The molecule has 6 heteroatoms. The molecule has 1 aliphatic heterocycles. The Kier molecular flexibility index (Phi) is 14.5. The molecule has 1 aliphatic rings. The Labute approximate surface area is 471 Å². The number of hydrogen-bond donors (Lipinski definition) is 1. The molecule has 0 amide bonds. The minimum atomic E-state index is -0.271. The molecule has 1 atom stereocenters. The van der Waals surface area contributed by atoms with E-state index in [1.807, 2.05) is 18.3 Å². The van der Waals surface area contributed by atoms with Crippen LogP contribution in [0.3, 0.4) is 0 Å². The summed E-state index contributed by atoms with van der Waals surface area (Å²) in [6.07, 6.45) is 1.91. The van der Waals surface area contributed by atoms with Gasteiger partial charge in [-0.3, -0.25) is 0 Å². The van der Waals surface area contributed by atoms with Crippen molar-refractivity contribution in [1.29, 1.82) is 0 Å². The zero-order valence-electron chi connectivity index (χ0n) is 46.3. The van der Waals surface area contributed by atoms with Gasteiger partial charge in [-0.1, -0.05) is 197 Å². The SMILES string of the molecule is CC(C)c1cccc(C(C)C)c1-c1ccc2c(c1)C(Nc1cc(C(C)(C)c3ccccc3)cc(C(C)(C)c3ccccc3)c1)[CH-]N2c1[c-]c(Oc2[c-]c3c(cc2)c2ccccc2n3-c2cc(C(C)(C)C)ccn2)ccc1.[Pt]. The molecule has 77 heavy (non-hydrogen) atoms. The fourth-order valence-corrected chi connectivity index (χ4v) is 11.3. The summed E-state index contributed by atoms with van der Waals surface area (Å²) in [6.45, 7) is 27.6. The molecular weight excluding hydrogens is 1120 g/mol. The second-order valence-electron chi connectivity index (χ2n) is 23.4. The zero-order valence-corrected chi connectivity index (χ0v) is 48.5. The van der Waals surface area contributed by atoms with Crippen LogP contribution in [-0.4, -0.2) is 9.55 Å². The standard InChI is InChI=1S/C71H69N4O.Pt/c1-46(2)58-29-21-30-59(47(3)4)68(58)48-32-35-64-62(38-48)63(73-54-40-52(70(8,9)49-22-14-12-15-23-49)39-53(41-54)71(10,11)50-24-16-13-17-25-50)45-74(64)55-26-20-27-56(43-55)76-57-33-34-61-60-28-18-19-31-65(60)75(66(61)44-57)67-42-51(36-37-72-67)69(5,6)7;/h12-42,45-47,63,73H,1-11H3;/q-3;. The number of ether oxygens (including phenoxy) is 1. The zero-order chi connectivity index (χ0) is 53.1. The molecular formula is C71H69N4OPt-3. The monoisotopic (exact) mass is 1190 g/mol. The minimum absolute atomic E-state index is 0. The van der Waals surface area contributed by atoms with Crippen molar-refractivity contribution in [1.82, 2.24) is 9.55 Å². The third kappa shape index (κ3) is 10.2. The van der Waals surface area contributed by atoms with Crippen LogP contribution in [0.5, 0.6) is 11.5 Å². The number of para-hydroxylation sites is 1. The second-order valence-corrected chi connectivity index (χ2v) is 23.4. The van der Waals surface area contributed by atoms with Gasteiger partial charge in [0.05, 0.1) is 0 Å². The number of pyridine rings is 1. The maximum Gasteiger partial charge on any atom is 0.135 e. The van der Waals surface area contributed by atoms with E-state index in [0.29, 0.717) is 23.3 Å². The average molecular weight is 1190 g/mol. The first-order valence-corrected chi connectivity index (χ1v) is 27.0. The summed E-state index contributed by atoms with van der Waals surface area (Å²) in [5.41, 5.74) is 17.2. The van der Waals surface area contributed by atoms with Gasteiger partial charge in [0.2, 0.25) is 0 Å². The van der Waals surface area contributed by atoms with Gasteiger partial charge >= 0.3 is 0 Å². The van der Waals surface area contributed by atoms with Gasteiger partial charge in [-0.25, -0.2) is 11.5 Å². The molecule has 10 aromatic rings. The number of fused-ring (bicyclic) bond motifs is 4. The molecule has 1 N–H and O–H groups in total. The number of nitrogens with zero attached hydrogens (tertiary/aromatic N) is 3. The minimum Gasteiger partial charge on any atom is -0.512 e. The summed E-state index contributed by atoms with van der Waals surface area (Å²) in [7, 11) is 0. The molecule has 11 rings (SSSR count). The van der Waals surface area contributed by atoms with Crippen molar-refractivity contribution >= 4 is 38.9 Å². The fourth-order valence-electron chi connectivity index (χ4n) is 11.3. The second kappa shape index (κ2) is 21.0. The summed E-state index contributed by atoms with van der Waals surface area (Å²) in [5.74, 6) is 2.77. The predicted molar refractivity (Wildman–Crippen MR) is 318 cm³/mol. The molecule has 5 nitrogen and oxygen atoms in total. The molecule has 0 fully saturated rings. The van der Waals surface area contributed by atoms with Gasteiger partial charge in [0.1, 0.15) is 5.82 Å². The predicted octanol–water partition coefficient (Wildman–Crippen LogP) is 18.9. The van der Waals surface area contributed by atoms with Gasteiger partial charge in [-0.05, 0) is 121 Å². The Morgan fingerprint density at radius 1 is 0.558 bits per heavy atom. The molecule has 0 aliphatic carbocycles. The van der Waals surface area contributed by atoms with E-state index in [-0.39, 0.29) is 43.4 Å². The normalized spacial score (nSPS) is 13.8. The van der Waals surface area contributed by atoms with E-state index in [4.69, 9.17) is 9.72 Å². The van der Waals surface area contributed by atoms with Crippen LogP contribution in [0.2, 0.25) is 0 Å². The van der Waals surface area contributed by atoms with Crippen molar-refractivity contribution in [2.75, 3.05) is 10.2 Å². The van der Waals surface area contributed by atoms with Gasteiger partial charge < -0.3 is 19.5 Å². The van der Waals surface area contributed by atoms with Crippen molar-refractivity contribution in [3.05, 3.63) is 251 Å². The molecule has 0 radical (unpaired) electrons. The Bertz CT molecular complexity index is 3660. The Balaban J connectivity index is 0.00000672. The van der Waals surface area contributed by atoms with Crippen LogP contribution in [0.1, 0.15) is 139 Å². The smallest absolute Gasteiger partial charge is 0.135 e. The fraction of sp³-hybridized carbons (Fsp3) is 0.239. The number of anilines is 3. The van der Waals surface area contributed by atoms with Crippen LogP contribution in [-0.2, 0) is 37.3 Å². The van der Waals surface area contributed by atoms with Crippen molar-refractivity contribution < 1.29 is 25.8 Å². The molecule has 0 spiro atoms. The van der Waals surface area contributed by atoms with E-state index in [2.05, 4.69) is 279 Å². The Hall–Kier alpha value is -7.20. The molecule has 0 bridgehead atoms. The first kappa shape index (κ1) is 53.2. The van der Waals surface area contributed by atoms with Gasteiger partial charge in [0.15, 0.2) is 0 Å². The molecule has 0 saturated carbocycles. The molecule has 3 heterocycles. The van der Waals surface area contributed by atoms with E-state index >= 15 is 0 Å². The first-order chi connectivity index (χ1) is 36.4. The van der Waals surface area contributed by atoms with Crippen molar-refractivity contribution in [2.24, 2.45) is 0 Å². The molecule has 392 valence electrons. The number of aromatic nitrogens is 2. The number of nitrogens with one attached hydrogen (secondary N) is 1. The van der Waals surface area contributed by atoms with Crippen LogP contribution < -0.4 is 15.0 Å². The van der Waals surface area contributed by atoms with Crippen LogP contribution in [0.15, 0.2) is 188 Å². The number of hydrogen-bond acceptors (Lipinski definition) is 4. The third-order valence-corrected chi connectivity index (χ3v) is 15.9. The summed E-state index contributed by atoms with van der Waals surface area (Å²) in [4.78, 5) is 7.18. The Morgan fingerprint density at radius 3 is 1.81 bits per heavy atom. The van der Waals surface area contributed by atoms with Gasteiger partial charge in [-0.15, -0.1) is 41.4 Å². The summed E-state index contributed by atoms with van der Waals surface area (Å²) < 4.78 is 8.98. The first-order valence-electron chi connectivity index (χ1n) is 27.0. The van der Waals surface area contributed by atoms with Gasteiger partial charge in [-0.2, -0.15) is 12.1 Å².